The van der Waals surface area contributed by atoms with Gasteiger partial charge in [0.1, 0.15) is 5.60 Å². The minimum Gasteiger partial charge on any atom is -0.481 e. The zero-order valence-electron chi connectivity index (χ0n) is 17.8. The quantitative estimate of drug-likeness (QED) is 0.506. The van der Waals surface area contributed by atoms with Crippen molar-refractivity contribution in [2.24, 2.45) is 0 Å². The molecule has 2 aromatic heterocycles. The fraction of sp³-hybridized carbons (Fsp3) is 0.417. The highest BCUT2D eigenvalue weighted by Crippen LogP contribution is 2.44. The number of fused-ring (bicyclic) bond motifs is 3. The number of aromatic amines is 1. The van der Waals surface area contributed by atoms with Crippen molar-refractivity contribution >= 4 is 28.2 Å². The monoisotopic (exact) mass is 438 g/mol. The summed E-state index contributed by atoms with van der Waals surface area (Å²) in [6, 6.07) is 6.30. The van der Waals surface area contributed by atoms with Crippen LogP contribution >= 0.6 is 11.3 Å². The Kier molecular flexibility index (Phi) is 6.15. The first-order valence-electron chi connectivity index (χ1n) is 10.5. The fourth-order valence-electron chi connectivity index (χ4n) is 4.66. The molecule has 3 heterocycles. The molecule has 0 radical (unpaired) electrons. The van der Waals surface area contributed by atoms with Crippen molar-refractivity contribution in [3.05, 3.63) is 56.4 Å². The molecule has 0 bridgehead atoms. The van der Waals surface area contributed by atoms with E-state index in [1.165, 1.54) is 0 Å². The van der Waals surface area contributed by atoms with E-state index in [9.17, 15) is 15.2 Å². The van der Waals surface area contributed by atoms with Gasteiger partial charge in [-0.15, -0.1) is 0 Å². The number of benzene rings is 1. The maximum atomic E-state index is 11.7. The molecule has 0 saturated carbocycles. The van der Waals surface area contributed by atoms with Gasteiger partial charge in [0, 0.05) is 5.39 Å². The average Bonchev–Trinajstić information content (AvgIpc) is 3.38. The molecular formula is C24H26N2O4S. The minimum absolute atomic E-state index is 0.0990. The molecule has 3 aromatic rings. The van der Waals surface area contributed by atoms with E-state index in [0.29, 0.717) is 38.2 Å². The Hall–Kier alpha value is -2.66. The van der Waals surface area contributed by atoms with Crippen LogP contribution in [0.2, 0.25) is 0 Å². The van der Waals surface area contributed by atoms with Crippen LogP contribution in [0, 0.1) is 18.3 Å². The van der Waals surface area contributed by atoms with Gasteiger partial charge in [-0.2, -0.15) is 16.6 Å². The SMILES string of the molecule is CCCC1(CC(=O)O)OCCc2c1[nH]c1c(C)c(COCc3ccsc3)cc(C#N)c21. The number of carboxylic acids is 1. The fourth-order valence-corrected chi connectivity index (χ4v) is 5.31. The molecule has 162 valence electrons. The summed E-state index contributed by atoms with van der Waals surface area (Å²) in [7, 11) is 0. The second-order valence-electron chi connectivity index (χ2n) is 8.09. The van der Waals surface area contributed by atoms with E-state index < -0.39 is 11.6 Å². The molecule has 7 heteroatoms. The number of ether oxygens (including phenoxy) is 2. The van der Waals surface area contributed by atoms with Crippen LogP contribution < -0.4 is 0 Å². The zero-order chi connectivity index (χ0) is 22.0. The van der Waals surface area contributed by atoms with E-state index in [1.54, 1.807) is 11.3 Å². The lowest BCUT2D eigenvalue weighted by Crippen LogP contribution is -2.37. The number of nitriles is 1. The van der Waals surface area contributed by atoms with Crippen LogP contribution in [0.1, 0.15) is 59.7 Å². The lowest BCUT2D eigenvalue weighted by molar-refractivity contribution is -0.149. The van der Waals surface area contributed by atoms with Crippen molar-refractivity contribution < 1.29 is 19.4 Å². The normalized spacial score (nSPS) is 18.1. The van der Waals surface area contributed by atoms with E-state index in [1.807, 2.05) is 31.4 Å². The lowest BCUT2D eigenvalue weighted by Gasteiger charge is -2.36. The van der Waals surface area contributed by atoms with Crippen LogP contribution in [-0.2, 0) is 39.5 Å². The van der Waals surface area contributed by atoms with E-state index in [0.717, 1.165) is 45.3 Å². The molecule has 2 N–H and O–H groups in total. The Bertz CT molecular complexity index is 1140. The van der Waals surface area contributed by atoms with Crippen molar-refractivity contribution in [2.45, 2.75) is 58.3 Å². The molecule has 6 nitrogen and oxygen atoms in total. The second kappa shape index (κ2) is 8.83. The molecule has 4 rings (SSSR count). The number of aliphatic carboxylic acids is 1. The van der Waals surface area contributed by atoms with Crippen LogP contribution in [-0.4, -0.2) is 22.7 Å². The summed E-state index contributed by atoms with van der Waals surface area (Å²) >= 11 is 1.64. The van der Waals surface area contributed by atoms with Gasteiger partial charge in [0.2, 0.25) is 0 Å². The molecular weight excluding hydrogens is 412 g/mol. The van der Waals surface area contributed by atoms with Crippen molar-refractivity contribution in [3.63, 3.8) is 0 Å². The summed E-state index contributed by atoms with van der Waals surface area (Å²) in [5.41, 5.74) is 5.53. The van der Waals surface area contributed by atoms with Crippen molar-refractivity contribution in [3.8, 4) is 6.07 Å². The number of aryl methyl sites for hydroxylation is 1. The van der Waals surface area contributed by atoms with E-state index in [4.69, 9.17) is 9.47 Å². The number of carbonyl (C=O) groups is 1. The molecule has 1 aliphatic rings. The van der Waals surface area contributed by atoms with Crippen LogP contribution in [0.15, 0.2) is 22.9 Å². The van der Waals surface area contributed by atoms with E-state index >= 15 is 0 Å². The first kappa shape index (κ1) is 21.6. The molecule has 1 unspecified atom stereocenters. The maximum Gasteiger partial charge on any atom is 0.306 e. The van der Waals surface area contributed by atoms with Crippen LogP contribution in [0.5, 0.6) is 0 Å². The third kappa shape index (κ3) is 3.99. The number of H-pyrrole nitrogens is 1. The van der Waals surface area contributed by atoms with Gasteiger partial charge in [0.15, 0.2) is 0 Å². The topological polar surface area (TPSA) is 95.3 Å². The van der Waals surface area contributed by atoms with Gasteiger partial charge in [-0.05, 0) is 64.9 Å². The number of carboxylic acid groups (broad SMARTS) is 1. The number of nitrogens with one attached hydrogen (secondary N) is 1. The van der Waals surface area contributed by atoms with Gasteiger partial charge in [0.05, 0.1) is 49.1 Å². The van der Waals surface area contributed by atoms with Gasteiger partial charge in [-0.25, -0.2) is 0 Å². The first-order valence-corrected chi connectivity index (χ1v) is 11.5. The molecule has 0 fully saturated rings. The molecule has 0 aliphatic carbocycles. The van der Waals surface area contributed by atoms with Gasteiger partial charge < -0.3 is 19.6 Å². The number of nitrogens with zero attached hydrogens (tertiary/aromatic N) is 1. The highest BCUT2D eigenvalue weighted by atomic mass is 32.1. The summed E-state index contributed by atoms with van der Waals surface area (Å²) in [4.78, 5) is 15.2. The Morgan fingerprint density at radius 2 is 2.29 bits per heavy atom. The largest absolute Gasteiger partial charge is 0.481 e. The average molecular weight is 439 g/mol. The van der Waals surface area contributed by atoms with E-state index in [-0.39, 0.29) is 6.42 Å². The molecule has 1 atom stereocenters. The number of hydrogen-bond acceptors (Lipinski definition) is 5. The highest BCUT2D eigenvalue weighted by Gasteiger charge is 2.42. The standard InChI is InChI=1S/C24H26N2O4S/c1-3-6-24(10-20(27)28)23-19(4-7-30-24)21-17(11-25)9-18(15(2)22(21)26-23)13-29-12-16-5-8-31-14-16/h5,8-9,14,26H,3-4,6-7,10,12-13H2,1-2H3,(H,27,28). The Balaban J connectivity index is 1.78. The number of hydrogen-bond donors (Lipinski definition) is 2. The van der Waals surface area contributed by atoms with Crippen LogP contribution in [0.3, 0.4) is 0 Å². The molecule has 0 amide bonds. The van der Waals surface area contributed by atoms with Crippen LogP contribution in [0.25, 0.3) is 10.9 Å². The van der Waals surface area contributed by atoms with Crippen LogP contribution in [0.4, 0.5) is 0 Å². The van der Waals surface area contributed by atoms with Crippen molar-refractivity contribution in [1.82, 2.24) is 4.98 Å². The Labute approximate surface area is 185 Å². The first-order chi connectivity index (χ1) is 15.0. The molecule has 1 aromatic carbocycles. The maximum absolute atomic E-state index is 11.7. The predicted octanol–water partition coefficient (Wildman–Crippen LogP) is 5.17. The zero-order valence-corrected chi connectivity index (χ0v) is 18.6. The van der Waals surface area contributed by atoms with Gasteiger partial charge >= 0.3 is 5.97 Å². The lowest BCUT2D eigenvalue weighted by atomic mass is 9.84. The predicted molar refractivity (Wildman–Crippen MR) is 119 cm³/mol. The smallest absolute Gasteiger partial charge is 0.306 e. The summed E-state index contributed by atoms with van der Waals surface area (Å²) in [5.74, 6) is -0.889. The molecule has 31 heavy (non-hydrogen) atoms. The number of rotatable bonds is 8. The minimum atomic E-state index is -0.889. The van der Waals surface area contributed by atoms with Crippen molar-refractivity contribution in [1.29, 1.82) is 5.26 Å². The van der Waals surface area contributed by atoms with Gasteiger partial charge in [-0.1, -0.05) is 13.3 Å². The molecule has 0 spiro atoms. The Morgan fingerprint density at radius 3 is 2.97 bits per heavy atom. The summed E-state index contributed by atoms with van der Waals surface area (Å²) in [6.45, 7) is 5.42. The third-order valence-corrected chi connectivity index (χ3v) is 6.78. The Morgan fingerprint density at radius 1 is 1.45 bits per heavy atom. The second-order valence-corrected chi connectivity index (χ2v) is 8.87. The summed E-state index contributed by atoms with van der Waals surface area (Å²) in [6.07, 6.45) is 1.96. The van der Waals surface area contributed by atoms with Gasteiger partial charge in [-0.3, -0.25) is 4.79 Å². The summed E-state index contributed by atoms with van der Waals surface area (Å²) < 4.78 is 12.0. The molecule has 0 saturated heterocycles. The van der Waals surface area contributed by atoms with E-state index in [2.05, 4.69) is 16.4 Å². The van der Waals surface area contributed by atoms with Gasteiger partial charge in [0.25, 0.3) is 0 Å². The number of aromatic nitrogens is 1. The third-order valence-electron chi connectivity index (χ3n) is 6.05. The number of thiophene rings is 1. The molecule has 1 aliphatic heterocycles. The summed E-state index contributed by atoms with van der Waals surface area (Å²) in [5, 5.41) is 24.4. The van der Waals surface area contributed by atoms with Crippen molar-refractivity contribution in [2.75, 3.05) is 6.61 Å². The highest BCUT2D eigenvalue weighted by molar-refractivity contribution is 7.07.